The molecule has 0 aliphatic heterocycles. The molecule has 0 spiro atoms. The van der Waals surface area contributed by atoms with Gasteiger partial charge in [0.25, 0.3) is 0 Å². The van der Waals surface area contributed by atoms with Gasteiger partial charge in [0.15, 0.2) is 5.78 Å². The second-order valence-corrected chi connectivity index (χ2v) is 7.39. The number of carbonyl (C=O) groups is 2. The fourth-order valence-corrected chi connectivity index (χ4v) is 3.92. The van der Waals surface area contributed by atoms with Crippen molar-refractivity contribution in [2.45, 2.75) is 32.0 Å². The molecule has 1 aromatic carbocycles. The summed E-state index contributed by atoms with van der Waals surface area (Å²) in [7, 11) is 0. The number of benzene rings is 1. The number of nitrogens with one attached hydrogen (secondary N) is 1. The summed E-state index contributed by atoms with van der Waals surface area (Å²) in [6, 6.07) is 6.30. The van der Waals surface area contributed by atoms with Crippen LogP contribution in [0.5, 0.6) is 0 Å². The van der Waals surface area contributed by atoms with Gasteiger partial charge in [0, 0.05) is 11.1 Å². The number of Topliss-reactive ketones (excluding diaryl/α,β-unsaturated/α-hetero) is 1. The van der Waals surface area contributed by atoms with Gasteiger partial charge < -0.3 is 9.72 Å². The second kappa shape index (κ2) is 8.47. The van der Waals surface area contributed by atoms with E-state index in [0.717, 1.165) is 11.8 Å². The van der Waals surface area contributed by atoms with Gasteiger partial charge in [-0.1, -0.05) is 30.0 Å². The summed E-state index contributed by atoms with van der Waals surface area (Å²) in [5, 5.41) is 0.489. The van der Waals surface area contributed by atoms with Crippen molar-refractivity contribution in [3.05, 3.63) is 52.6 Å². The Labute approximate surface area is 174 Å². The van der Waals surface area contributed by atoms with Gasteiger partial charge in [-0.3, -0.25) is 4.79 Å². The normalized spacial score (nSPS) is 11.7. The van der Waals surface area contributed by atoms with Crippen molar-refractivity contribution in [1.29, 1.82) is 0 Å². The van der Waals surface area contributed by atoms with Crippen LogP contribution in [0.3, 0.4) is 0 Å². The van der Waals surface area contributed by atoms with Crippen LogP contribution in [0.4, 0.5) is 13.2 Å². The molecule has 0 aliphatic rings. The molecule has 0 saturated heterocycles. The number of para-hydroxylation sites is 1. The molecule has 0 amide bonds. The number of aromatic amines is 1. The number of nitrogens with zero attached hydrogens (tertiary/aromatic N) is 2. The molecule has 0 radical (unpaired) electrons. The molecule has 0 bridgehead atoms. The molecule has 10 heteroatoms. The van der Waals surface area contributed by atoms with E-state index >= 15 is 0 Å². The van der Waals surface area contributed by atoms with Gasteiger partial charge >= 0.3 is 12.1 Å². The maximum absolute atomic E-state index is 13.1. The predicted octanol–water partition coefficient (Wildman–Crippen LogP) is 4.75. The minimum atomic E-state index is -4.70. The predicted molar refractivity (Wildman–Crippen MR) is 106 cm³/mol. The van der Waals surface area contributed by atoms with E-state index in [4.69, 9.17) is 4.74 Å². The molecule has 158 valence electrons. The van der Waals surface area contributed by atoms with Gasteiger partial charge in [0.2, 0.25) is 5.82 Å². The molecular formula is C20H18F3N3O3S. The van der Waals surface area contributed by atoms with E-state index in [9.17, 15) is 22.8 Å². The van der Waals surface area contributed by atoms with Crippen LogP contribution < -0.4 is 0 Å². The number of aromatic nitrogens is 3. The van der Waals surface area contributed by atoms with Gasteiger partial charge in [0.1, 0.15) is 5.03 Å². The summed E-state index contributed by atoms with van der Waals surface area (Å²) in [4.78, 5) is 34.9. The van der Waals surface area contributed by atoms with Crippen LogP contribution in [0.2, 0.25) is 0 Å². The molecule has 0 atom stereocenters. The average Bonchev–Trinajstić information content (AvgIpc) is 2.99. The number of hydrogen-bond donors (Lipinski definition) is 1. The maximum Gasteiger partial charge on any atom is 0.451 e. The van der Waals surface area contributed by atoms with Crippen LogP contribution in [0.1, 0.15) is 44.9 Å². The maximum atomic E-state index is 13.1. The molecule has 30 heavy (non-hydrogen) atoms. The number of halogens is 3. The highest BCUT2D eigenvalue weighted by molar-refractivity contribution is 8.00. The van der Waals surface area contributed by atoms with Crippen LogP contribution in [0.25, 0.3) is 10.9 Å². The fourth-order valence-electron chi connectivity index (χ4n) is 3.03. The van der Waals surface area contributed by atoms with Gasteiger partial charge in [0.05, 0.1) is 29.1 Å². The van der Waals surface area contributed by atoms with Crippen molar-refractivity contribution < 1.29 is 27.5 Å². The zero-order valence-corrected chi connectivity index (χ0v) is 17.2. The lowest BCUT2D eigenvalue weighted by Gasteiger charge is -2.10. The van der Waals surface area contributed by atoms with E-state index in [2.05, 4.69) is 15.0 Å². The number of hydrogen-bond acceptors (Lipinski definition) is 6. The number of carbonyl (C=O) groups excluding carboxylic acids is 2. The van der Waals surface area contributed by atoms with Crippen molar-refractivity contribution in [3.63, 3.8) is 0 Å². The first-order valence-corrected chi connectivity index (χ1v) is 9.98. The van der Waals surface area contributed by atoms with E-state index in [1.165, 1.54) is 6.07 Å². The lowest BCUT2D eigenvalue weighted by atomic mass is 10.1. The first-order chi connectivity index (χ1) is 14.1. The van der Waals surface area contributed by atoms with Gasteiger partial charge in [-0.2, -0.15) is 13.2 Å². The smallest absolute Gasteiger partial charge is 0.451 e. The SMILES string of the molecule is CCOC(=O)c1c(C)[nH]c(C(=O)CSc2nc(C(F)(F)F)nc3ccccc23)c1C. The van der Waals surface area contributed by atoms with E-state index in [1.807, 2.05) is 0 Å². The first kappa shape index (κ1) is 21.8. The molecule has 2 aromatic heterocycles. The number of esters is 1. The van der Waals surface area contributed by atoms with E-state index < -0.39 is 18.0 Å². The number of rotatable bonds is 6. The van der Waals surface area contributed by atoms with E-state index in [1.54, 1.807) is 39.0 Å². The minimum absolute atomic E-state index is 0.0628. The van der Waals surface area contributed by atoms with Crippen LogP contribution >= 0.6 is 11.8 Å². The molecule has 1 N–H and O–H groups in total. The fraction of sp³-hybridized carbons (Fsp3) is 0.300. The second-order valence-electron chi connectivity index (χ2n) is 6.42. The van der Waals surface area contributed by atoms with Crippen LogP contribution in [0, 0.1) is 13.8 Å². The van der Waals surface area contributed by atoms with Gasteiger partial charge in [-0.25, -0.2) is 14.8 Å². The Balaban J connectivity index is 1.89. The molecule has 0 unspecified atom stereocenters. The van der Waals surface area contributed by atoms with Gasteiger partial charge in [-0.05, 0) is 32.4 Å². The molecule has 0 saturated carbocycles. The summed E-state index contributed by atoms with van der Waals surface area (Å²) >= 11 is 0.889. The first-order valence-electron chi connectivity index (χ1n) is 8.99. The van der Waals surface area contributed by atoms with E-state index in [0.29, 0.717) is 16.6 Å². The Kier molecular flexibility index (Phi) is 6.16. The highest BCUT2D eigenvalue weighted by atomic mass is 32.2. The van der Waals surface area contributed by atoms with Crippen LogP contribution in [0.15, 0.2) is 29.3 Å². The van der Waals surface area contributed by atoms with Crippen LogP contribution in [-0.4, -0.2) is 39.1 Å². The number of H-pyrrole nitrogens is 1. The monoisotopic (exact) mass is 437 g/mol. The van der Waals surface area contributed by atoms with Crippen molar-refractivity contribution in [2.24, 2.45) is 0 Å². The molecule has 0 aliphatic carbocycles. The molecular weight excluding hydrogens is 419 g/mol. The number of alkyl halides is 3. The highest BCUT2D eigenvalue weighted by Gasteiger charge is 2.35. The van der Waals surface area contributed by atoms with E-state index in [-0.39, 0.29) is 39.9 Å². The minimum Gasteiger partial charge on any atom is -0.462 e. The van der Waals surface area contributed by atoms with Crippen LogP contribution in [-0.2, 0) is 10.9 Å². The Morgan fingerprint density at radius 1 is 1.17 bits per heavy atom. The number of ketones is 1. The lowest BCUT2D eigenvalue weighted by molar-refractivity contribution is -0.145. The average molecular weight is 437 g/mol. The zero-order chi connectivity index (χ0) is 22.1. The zero-order valence-electron chi connectivity index (χ0n) is 16.4. The Bertz CT molecular complexity index is 1130. The van der Waals surface area contributed by atoms with Crippen molar-refractivity contribution in [3.8, 4) is 0 Å². The third kappa shape index (κ3) is 4.33. The van der Waals surface area contributed by atoms with Gasteiger partial charge in [-0.15, -0.1) is 0 Å². The Morgan fingerprint density at radius 3 is 2.53 bits per heavy atom. The number of fused-ring (bicyclic) bond motifs is 1. The molecule has 3 rings (SSSR count). The quantitative estimate of drug-likeness (QED) is 0.259. The summed E-state index contributed by atoms with van der Waals surface area (Å²) in [6.45, 7) is 5.15. The third-order valence-electron chi connectivity index (χ3n) is 4.36. The summed E-state index contributed by atoms with van der Waals surface area (Å²) < 4.78 is 44.5. The number of ether oxygens (including phenoxy) is 1. The molecule has 0 fully saturated rings. The Hall–Kier alpha value is -2.88. The third-order valence-corrected chi connectivity index (χ3v) is 5.35. The molecule has 6 nitrogen and oxygen atoms in total. The molecule has 3 aromatic rings. The summed E-state index contributed by atoms with van der Waals surface area (Å²) in [5.41, 5.74) is 1.59. The van der Waals surface area contributed by atoms with Crippen molar-refractivity contribution in [1.82, 2.24) is 15.0 Å². The topological polar surface area (TPSA) is 84.9 Å². The van der Waals surface area contributed by atoms with Crippen molar-refractivity contribution >= 4 is 34.4 Å². The lowest BCUT2D eigenvalue weighted by Crippen LogP contribution is -2.12. The summed E-state index contributed by atoms with van der Waals surface area (Å²) in [6.07, 6.45) is -4.70. The molecule has 2 heterocycles. The van der Waals surface area contributed by atoms with Crippen molar-refractivity contribution in [2.75, 3.05) is 12.4 Å². The standard InChI is InChI=1S/C20H18F3N3O3S/c1-4-29-18(28)15-10(2)16(24-11(15)3)14(27)9-30-17-12-7-5-6-8-13(12)25-19(26-17)20(21,22)23/h5-8,24H,4,9H2,1-3H3. The number of aryl methyl sites for hydroxylation is 1. The largest absolute Gasteiger partial charge is 0.462 e. The highest BCUT2D eigenvalue weighted by Crippen LogP contribution is 2.32. The number of thioether (sulfide) groups is 1. The Morgan fingerprint density at radius 2 is 1.87 bits per heavy atom. The summed E-state index contributed by atoms with van der Waals surface area (Å²) in [5.74, 6) is -2.33.